The van der Waals surface area contributed by atoms with Crippen molar-refractivity contribution < 1.29 is 4.79 Å². The van der Waals surface area contributed by atoms with E-state index in [4.69, 9.17) is 5.73 Å². The fourth-order valence-corrected chi connectivity index (χ4v) is 2.36. The van der Waals surface area contributed by atoms with Crippen molar-refractivity contribution in [3.8, 4) is 0 Å². The van der Waals surface area contributed by atoms with Gasteiger partial charge in [0, 0.05) is 17.8 Å². The summed E-state index contributed by atoms with van der Waals surface area (Å²) in [6.45, 7) is 2.00. The maximum absolute atomic E-state index is 12.1. The predicted octanol–water partition coefficient (Wildman–Crippen LogP) is 2.00. The minimum atomic E-state index is -0.220. The third-order valence-corrected chi connectivity index (χ3v) is 3.44. The van der Waals surface area contributed by atoms with Gasteiger partial charge in [-0.15, -0.1) is 11.3 Å². The lowest BCUT2D eigenvalue weighted by atomic mass is 10.2. The van der Waals surface area contributed by atoms with Gasteiger partial charge in [0.05, 0.1) is 11.6 Å². The molecule has 0 saturated heterocycles. The van der Waals surface area contributed by atoms with Gasteiger partial charge in [0.15, 0.2) is 0 Å². The van der Waals surface area contributed by atoms with Crippen LogP contribution in [0.15, 0.2) is 29.9 Å². The normalized spacial score (nSPS) is 12.1. The Morgan fingerprint density at radius 1 is 1.50 bits per heavy atom. The van der Waals surface area contributed by atoms with Gasteiger partial charge in [0.2, 0.25) is 0 Å². The zero-order valence-electron chi connectivity index (χ0n) is 9.96. The van der Waals surface area contributed by atoms with Gasteiger partial charge in [0.25, 0.3) is 5.91 Å². The van der Waals surface area contributed by atoms with Crippen molar-refractivity contribution in [2.75, 3.05) is 5.73 Å². The number of nitrogens with zero attached hydrogens (tertiary/aromatic N) is 2. The number of nitrogens with one attached hydrogen (secondary N) is 1. The van der Waals surface area contributed by atoms with Gasteiger partial charge in [-0.05, 0) is 18.6 Å². The second-order valence-corrected chi connectivity index (χ2v) is 4.67. The first kappa shape index (κ1) is 12.5. The second kappa shape index (κ2) is 5.59. The molecule has 3 N–H and O–H groups in total. The number of anilines is 1. The number of nitrogen functional groups attached to an aromatic ring is 1. The van der Waals surface area contributed by atoms with Gasteiger partial charge in [-0.25, -0.2) is 9.97 Å². The molecule has 1 atom stereocenters. The highest BCUT2D eigenvalue weighted by Crippen LogP contribution is 2.19. The topological polar surface area (TPSA) is 80.9 Å². The van der Waals surface area contributed by atoms with Gasteiger partial charge in [-0.1, -0.05) is 6.92 Å². The largest absolute Gasteiger partial charge is 0.383 e. The van der Waals surface area contributed by atoms with Gasteiger partial charge in [-0.2, -0.15) is 0 Å². The Kier molecular flexibility index (Phi) is 3.88. The molecule has 0 bridgehead atoms. The molecule has 0 fully saturated rings. The zero-order valence-corrected chi connectivity index (χ0v) is 10.8. The molecule has 18 heavy (non-hydrogen) atoms. The van der Waals surface area contributed by atoms with E-state index in [1.807, 2.05) is 12.3 Å². The number of nitrogens with two attached hydrogens (primary N) is 1. The predicted molar refractivity (Wildman–Crippen MR) is 71.3 cm³/mol. The molecule has 0 aliphatic rings. The van der Waals surface area contributed by atoms with Crippen molar-refractivity contribution in [2.24, 2.45) is 0 Å². The lowest BCUT2D eigenvalue weighted by molar-refractivity contribution is 0.0936. The molecule has 2 aromatic heterocycles. The van der Waals surface area contributed by atoms with E-state index in [0.717, 1.165) is 11.4 Å². The lowest BCUT2D eigenvalue weighted by Gasteiger charge is -2.14. The van der Waals surface area contributed by atoms with E-state index >= 15 is 0 Å². The molecule has 6 heteroatoms. The Hall–Kier alpha value is -1.95. The van der Waals surface area contributed by atoms with Crippen LogP contribution in [0.25, 0.3) is 0 Å². The van der Waals surface area contributed by atoms with Crippen LogP contribution >= 0.6 is 11.3 Å². The molecule has 0 saturated carbocycles. The van der Waals surface area contributed by atoms with Crippen LogP contribution in [0.5, 0.6) is 0 Å². The minimum Gasteiger partial charge on any atom is -0.383 e. The van der Waals surface area contributed by atoms with E-state index in [9.17, 15) is 4.79 Å². The maximum Gasteiger partial charge on any atom is 0.255 e. The van der Waals surface area contributed by atoms with Crippen molar-refractivity contribution in [1.82, 2.24) is 15.3 Å². The Labute approximate surface area is 109 Å². The fraction of sp³-hybridized carbons (Fsp3) is 0.250. The van der Waals surface area contributed by atoms with Crippen LogP contribution in [-0.2, 0) is 0 Å². The summed E-state index contributed by atoms with van der Waals surface area (Å²) in [5, 5.41) is 5.70. The van der Waals surface area contributed by atoms with Gasteiger partial charge < -0.3 is 11.1 Å². The first-order chi connectivity index (χ1) is 8.72. The molecule has 1 unspecified atom stereocenters. The quantitative estimate of drug-likeness (QED) is 0.883. The molecular formula is C12H14N4OS. The number of rotatable bonds is 4. The maximum atomic E-state index is 12.1. The minimum absolute atomic E-state index is 0.0860. The van der Waals surface area contributed by atoms with Crippen LogP contribution in [0, 0.1) is 0 Å². The monoisotopic (exact) mass is 262 g/mol. The third-order valence-electron chi connectivity index (χ3n) is 2.55. The summed E-state index contributed by atoms with van der Waals surface area (Å²) in [5.41, 5.74) is 6.07. The first-order valence-electron chi connectivity index (χ1n) is 5.63. The zero-order chi connectivity index (χ0) is 13.0. The van der Waals surface area contributed by atoms with Crippen LogP contribution in [0.1, 0.15) is 34.8 Å². The highest BCUT2D eigenvalue weighted by Gasteiger charge is 2.17. The second-order valence-electron chi connectivity index (χ2n) is 3.74. The van der Waals surface area contributed by atoms with Crippen LogP contribution in [0.4, 0.5) is 5.82 Å². The molecule has 1 amide bonds. The summed E-state index contributed by atoms with van der Waals surface area (Å²) >= 11 is 1.52. The molecule has 2 rings (SSSR count). The van der Waals surface area contributed by atoms with Gasteiger partial charge in [-0.3, -0.25) is 4.79 Å². The number of hydrogen-bond acceptors (Lipinski definition) is 5. The third kappa shape index (κ3) is 2.65. The molecule has 0 radical (unpaired) electrons. The van der Waals surface area contributed by atoms with Crippen LogP contribution in [-0.4, -0.2) is 15.9 Å². The lowest BCUT2D eigenvalue weighted by Crippen LogP contribution is -2.28. The summed E-state index contributed by atoms with van der Waals surface area (Å²) in [7, 11) is 0. The van der Waals surface area contributed by atoms with E-state index in [1.54, 1.807) is 24.5 Å². The number of pyridine rings is 1. The summed E-state index contributed by atoms with van der Waals surface area (Å²) in [6.07, 6.45) is 4.07. The molecule has 0 aromatic carbocycles. The summed E-state index contributed by atoms with van der Waals surface area (Å²) in [5.74, 6) is 0.0200. The fourth-order valence-electron chi connectivity index (χ4n) is 1.59. The smallest absolute Gasteiger partial charge is 0.255 e. The van der Waals surface area contributed by atoms with E-state index < -0.39 is 0 Å². The molecular weight excluding hydrogens is 248 g/mol. The molecule has 5 nitrogen and oxygen atoms in total. The number of carbonyl (C=O) groups is 1. The van der Waals surface area contributed by atoms with Crippen LogP contribution in [0.2, 0.25) is 0 Å². The first-order valence-corrected chi connectivity index (χ1v) is 6.51. The highest BCUT2D eigenvalue weighted by atomic mass is 32.1. The number of carbonyl (C=O) groups excluding carboxylic acids is 1. The van der Waals surface area contributed by atoms with Crippen molar-refractivity contribution in [1.29, 1.82) is 0 Å². The Bertz CT molecular complexity index is 527. The average Bonchev–Trinajstić information content (AvgIpc) is 2.90. The van der Waals surface area contributed by atoms with E-state index in [1.165, 1.54) is 11.3 Å². The van der Waals surface area contributed by atoms with Crippen molar-refractivity contribution >= 4 is 23.1 Å². The number of aromatic nitrogens is 2. The van der Waals surface area contributed by atoms with E-state index in [0.29, 0.717) is 5.56 Å². The number of amides is 1. The van der Waals surface area contributed by atoms with Crippen LogP contribution in [0.3, 0.4) is 0 Å². The SMILES string of the molecule is CCC(NC(=O)c1cccnc1N)c1nccs1. The summed E-state index contributed by atoms with van der Waals surface area (Å²) < 4.78 is 0. The van der Waals surface area contributed by atoms with E-state index in [2.05, 4.69) is 15.3 Å². The Balaban J connectivity index is 2.14. The highest BCUT2D eigenvalue weighted by molar-refractivity contribution is 7.09. The van der Waals surface area contributed by atoms with Crippen LogP contribution < -0.4 is 11.1 Å². The number of hydrogen-bond donors (Lipinski definition) is 2. The molecule has 0 aliphatic heterocycles. The van der Waals surface area contributed by atoms with Crippen molar-refractivity contribution in [3.05, 3.63) is 40.5 Å². The van der Waals surface area contributed by atoms with Crippen molar-refractivity contribution in [2.45, 2.75) is 19.4 Å². The Morgan fingerprint density at radius 2 is 2.33 bits per heavy atom. The Morgan fingerprint density at radius 3 is 2.94 bits per heavy atom. The molecule has 0 aliphatic carbocycles. The summed E-state index contributed by atoms with van der Waals surface area (Å²) in [4.78, 5) is 20.2. The average molecular weight is 262 g/mol. The summed E-state index contributed by atoms with van der Waals surface area (Å²) in [6, 6.07) is 3.26. The standard InChI is InChI=1S/C12H14N4OS/c1-2-9(12-15-6-7-18-12)16-11(17)8-4-3-5-14-10(8)13/h3-7,9H,2H2,1H3,(H2,13,14)(H,16,17). The number of thiazole rings is 1. The van der Waals surface area contributed by atoms with Crippen molar-refractivity contribution in [3.63, 3.8) is 0 Å². The van der Waals surface area contributed by atoms with Gasteiger partial charge in [0.1, 0.15) is 10.8 Å². The molecule has 2 heterocycles. The van der Waals surface area contributed by atoms with Gasteiger partial charge >= 0.3 is 0 Å². The molecule has 94 valence electrons. The van der Waals surface area contributed by atoms with E-state index in [-0.39, 0.29) is 17.8 Å². The molecule has 0 spiro atoms. The molecule has 2 aromatic rings.